The van der Waals surface area contributed by atoms with E-state index in [9.17, 15) is 9.18 Å². The smallest absolute Gasteiger partial charge is 0.264 e. The quantitative estimate of drug-likeness (QED) is 0.855. The maximum atomic E-state index is 13.1. The maximum Gasteiger partial charge on any atom is 0.264 e. The zero-order valence-corrected chi connectivity index (χ0v) is 11.1. The lowest BCUT2D eigenvalue weighted by atomic mass is 10.2. The number of amides is 1. The summed E-state index contributed by atoms with van der Waals surface area (Å²) in [5, 5.41) is 9.81. The minimum Gasteiger partial charge on any atom is -0.395 e. The molecule has 2 rings (SSSR count). The summed E-state index contributed by atoms with van der Waals surface area (Å²) >= 11 is 1.25. The van der Waals surface area contributed by atoms with Crippen LogP contribution in [-0.4, -0.2) is 35.6 Å². The highest BCUT2D eigenvalue weighted by atomic mass is 32.1. The number of thiophene rings is 1. The second-order valence-electron chi connectivity index (χ2n) is 4.06. The van der Waals surface area contributed by atoms with E-state index < -0.39 is 0 Å². The summed E-state index contributed by atoms with van der Waals surface area (Å²) in [5.41, 5.74) is 0. The van der Waals surface area contributed by atoms with E-state index in [1.54, 1.807) is 18.2 Å². The zero-order valence-electron chi connectivity index (χ0n) is 10.3. The molecular formula is C14H14FNO2S. The van der Waals surface area contributed by atoms with Crippen molar-refractivity contribution >= 4 is 27.3 Å². The molecule has 1 aromatic heterocycles. The molecule has 5 heteroatoms. The number of hydrogen-bond donors (Lipinski definition) is 1. The minimum absolute atomic E-state index is 0.0981. The molecule has 100 valence electrons. The van der Waals surface area contributed by atoms with Crippen molar-refractivity contribution < 1.29 is 14.3 Å². The van der Waals surface area contributed by atoms with E-state index in [0.29, 0.717) is 11.4 Å². The van der Waals surface area contributed by atoms with Gasteiger partial charge >= 0.3 is 0 Å². The molecule has 0 saturated carbocycles. The molecule has 0 spiro atoms. The second kappa shape index (κ2) is 5.95. The van der Waals surface area contributed by atoms with Crippen LogP contribution in [0.5, 0.6) is 0 Å². The Morgan fingerprint density at radius 1 is 1.47 bits per heavy atom. The number of aliphatic hydroxyl groups excluding tert-OH is 1. The lowest BCUT2D eigenvalue weighted by Gasteiger charge is -2.18. The van der Waals surface area contributed by atoms with Crippen LogP contribution < -0.4 is 0 Å². The van der Waals surface area contributed by atoms with Crippen LogP contribution in [0.15, 0.2) is 36.9 Å². The Hall–Kier alpha value is -1.72. The Balaban J connectivity index is 2.31. The van der Waals surface area contributed by atoms with E-state index in [1.165, 1.54) is 28.4 Å². The van der Waals surface area contributed by atoms with Crippen LogP contribution in [-0.2, 0) is 0 Å². The molecule has 0 aliphatic rings. The van der Waals surface area contributed by atoms with Gasteiger partial charge in [-0.3, -0.25) is 4.79 Å². The number of aliphatic hydroxyl groups is 1. The first-order valence-electron chi connectivity index (χ1n) is 5.86. The molecule has 1 N–H and O–H groups in total. The van der Waals surface area contributed by atoms with Gasteiger partial charge < -0.3 is 10.0 Å². The second-order valence-corrected chi connectivity index (χ2v) is 5.14. The number of carbonyl (C=O) groups is 1. The van der Waals surface area contributed by atoms with E-state index in [2.05, 4.69) is 6.58 Å². The van der Waals surface area contributed by atoms with E-state index in [0.717, 1.165) is 10.1 Å². The first-order valence-corrected chi connectivity index (χ1v) is 6.67. The Morgan fingerprint density at radius 3 is 2.95 bits per heavy atom. The van der Waals surface area contributed by atoms with E-state index in [-0.39, 0.29) is 24.9 Å². The van der Waals surface area contributed by atoms with Gasteiger partial charge in [-0.25, -0.2) is 4.39 Å². The number of carbonyl (C=O) groups excluding carboxylic acids is 1. The first kappa shape index (κ1) is 13.7. The number of rotatable bonds is 5. The summed E-state index contributed by atoms with van der Waals surface area (Å²) in [5.74, 6) is -0.484. The molecule has 1 heterocycles. The van der Waals surface area contributed by atoms with Crippen LogP contribution in [0.2, 0.25) is 0 Å². The highest BCUT2D eigenvalue weighted by Gasteiger charge is 2.16. The van der Waals surface area contributed by atoms with E-state index in [4.69, 9.17) is 5.11 Å². The number of hydrogen-bond acceptors (Lipinski definition) is 3. The van der Waals surface area contributed by atoms with E-state index >= 15 is 0 Å². The molecule has 0 saturated heterocycles. The fraction of sp³-hybridized carbons (Fsp3) is 0.214. The Kier molecular flexibility index (Phi) is 4.29. The SMILES string of the molecule is C=CCN(CCO)C(=O)c1cc2ccc(F)cc2s1. The van der Waals surface area contributed by atoms with Gasteiger partial charge in [0.25, 0.3) is 5.91 Å². The molecule has 0 atom stereocenters. The van der Waals surface area contributed by atoms with Crippen LogP contribution in [0, 0.1) is 5.82 Å². The van der Waals surface area contributed by atoms with Crippen LogP contribution in [0.1, 0.15) is 9.67 Å². The third-order valence-corrected chi connectivity index (χ3v) is 3.79. The van der Waals surface area contributed by atoms with Crippen LogP contribution >= 0.6 is 11.3 Å². The monoisotopic (exact) mass is 279 g/mol. The van der Waals surface area contributed by atoms with Crippen molar-refractivity contribution in [2.45, 2.75) is 0 Å². The Morgan fingerprint density at radius 2 is 2.26 bits per heavy atom. The number of halogens is 1. The van der Waals surface area contributed by atoms with Crippen molar-refractivity contribution in [3.05, 3.63) is 47.6 Å². The molecule has 3 nitrogen and oxygen atoms in total. The predicted octanol–water partition coefficient (Wildman–Crippen LogP) is 2.66. The third-order valence-electron chi connectivity index (χ3n) is 2.70. The van der Waals surface area contributed by atoms with Gasteiger partial charge in [0.15, 0.2) is 0 Å². The van der Waals surface area contributed by atoms with Crippen LogP contribution in [0.4, 0.5) is 4.39 Å². The molecular weight excluding hydrogens is 265 g/mol. The average molecular weight is 279 g/mol. The van der Waals surface area contributed by atoms with Gasteiger partial charge in [0.05, 0.1) is 11.5 Å². The molecule has 2 aromatic rings. The van der Waals surface area contributed by atoms with Crippen molar-refractivity contribution in [2.75, 3.05) is 19.7 Å². The summed E-state index contributed by atoms with van der Waals surface area (Å²) in [6.45, 7) is 4.13. The van der Waals surface area contributed by atoms with Gasteiger partial charge in [0.1, 0.15) is 5.82 Å². The minimum atomic E-state index is -0.313. The molecule has 0 radical (unpaired) electrons. The van der Waals surface area contributed by atoms with Gasteiger partial charge in [0, 0.05) is 17.8 Å². The molecule has 0 unspecified atom stereocenters. The fourth-order valence-corrected chi connectivity index (χ4v) is 2.87. The number of fused-ring (bicyclic) bond motifs is 1. The van der Waals surface area contributed by atoms with Crippen molar-refractivity contribution in [1.29, 1.82) is 0 Å². The van der Waals surface area contributed by atoms with Crippen molar-refractivity contribution in [3.8, 4) is 0 Å². The van der Waals surface area contributed by atoms with Crippen molar-refractivity contribution in [3.63, 3.8) is 0 Å². The van der Waals surface area contributed by atoms with Gasteiger partial charge in [-0.15, -0.1) is 17.9 Å². The average Bonchev–Trinajstić information content (AvgIpc) is 2.80. The van der Waals surface area contributed by atoms with Gasteiger partial charge in [-0.05, 0) is 23.6 Å². The van der Waals surface area contributed by atoms with Crippen molar-refractivity contribution in [1.82, 2.24) is 4.90 Å². The predicted molar refractivity (Wildman–Crippen MR) is 75.0 cm³/mol. The van der Waals surface area contributed by atoms with Crippen LogP contribution in [0.25, 0.3) is 10.1 Å². The van der Waals surface area contributed by atoms with Gasteiger partial charge in [0.2, 0.25) is 0 Å². The molecule has 1 amide bonds. The fourth-order valence-electron chi connectivity index (χ4n) is 1.82. The topological polar surface area (TPSA) is 40.5 Å². The number of nitrogens with zero attached hydrogens (tertiary/aromatic N) is 1. The van der Waals surface area contributed by atoms with E-state index in [1.807, 2.05) is 0 Å². The standard InChI is InChI=1S/C14H14FNO2S/c1-2-5-16(6-7-17)14(18)13-8-10-3-4-11(15)9-12(10)19-13/h2-4,8-9,17H,1,5-7H2. The summed E-state index contributed by atoms with van der Waals surface area (Å²) in [6, 6.07) is 6.19. The molecule has 19 heavy (non-hydrogen) atoms. The van der Waals surface area contributed by atoms with Crippen molar-refractivity contribution in [2.24, 2.45) is 0 Å². The molecule has 0 aliphatic heterocycles. The van der Waals surface area contributed by atoms with Gasteiger partial charge in [-0.2, -0.15) is 0 Å². The summed E-state index contributed by atoms with van der Waals surface area (Å²) < 4.78 is 13.9. The molecule has 0 aliphatic carbocycles. The lowest BCUT2D eigenvalue weighted by Crippen LogP contribution is -2.33. The molecule has 0 fully saturated rings. The summed E-state index contributed by atoms with van der Waals surface area (Å²) in [4.78, 5) is 14.3. The summed E-state index contributed by atoms with van der Waals surface area (Å²) in [6.07, 6.45) is 1.61. The van der Waals surface area contributed by atoms with Gasteiger partial charge in [-0.1, -0.05) is 12.1 Å². The Labute approximate surface area is 114 Å². The first-order chi connectivity index (χ1) is 9.15. The highest BCUT2D eigenvalue weighted by Crippen LogP contribution is 2.27. The highest BCUT2D eigenvalue weighted by molar-refractivity contribution is 7.20. The molecule has 1 aromatic carbocycles. The van der Waals surface area contributed by atoms with Crippen LogP contribution in [0.3, 0.4) is 0 Å². The normalized spacial score (nSPS) is 10.6. The lowest BCUT2D eigenvalue weighted by molar-refractivity contribution is 0.0748. The largest absolute Gasteiger partial charge is 0.395 e. The third kappa shape index (κ3) is 3.00. The Bertz CT molecular complexity index is 609. The zero-order chi connectivity index (χ0) is 13.8. The summed E-state index contributed by atoms with van der Waals surface area (Å²) in [7, 11) is 0. The molecule has 0 bridgehead atoms. The maximum absolute atomic E-state index is 13.1. The number of benzene rings is 1.